The number of sulfonamides is 1. The van der Waals surface area contributed by atoms with E-state index in [0.717, 1.165) is 4.57 Å². The Labute approximate surface area is 189 Å². The molecule has 0 unspecified atom stereocenters. The highest BCUT2D eigenvalue weighted by Crippen LogP contribution is 2.31. The van der Waals surface area contributed by atoms with E-state index < -0.39 is 16.6 Å². The molecule has 0 saturated carbocycles. The molecule has 0 atom stereocenters. The maximum Gasteiger partial charge on any atom is 0.320 e. The van der Waals surface area contributed by atoms with Gasteiger partial charge in [0.25, 0.3) is 10.0 Å². The number of fused-ring (bicyclic) bond motifs is 1. The van der Waals surface area contributed by atoms with Crippen molar-refractivity contribution in [2.75, 3.05) is 10.0 Å². The molecule has 0 spiro atoms. The summed E-state index contributed by atoms with van der Waals surface area (Å²) in [5, 5.41) is 2.56. The van der Waals surface area contributed by atoms with Gasteiger partial charge in [-0.2, -0.15) is 8.78 Å². The summed E-state index contributed by atoms with van der Waals surface area (Å²) in [7, 11) is -3.96. The van der Waals surface area contributed by atoms with E-state index in [1.165, 1.54) is 37.3 Å². The molecule has 170 valence electrons. The summed E-state index contributed by atoms with van der Waals surface area (Å²) in [6.45, 7) is 0.185. The minimum Gasteiger partial charge on any atom is -0.326 e. The lowest BCUT2D eigenvalue weighted by molar-refractivity contribution is -0.114. The third kappa shape index (κ3) is 4.56. The van der Waals surface area contributed by atoms with Crippen molar-refractivity contribution >= 4 is 38.3 Å². The van der Waals surface area contributed by atoms with Gasteiger partial charge in [-0.15, -0.1) is 0 Å². The van der Waals surface area contributed by atoms with E-state index >= 15 is 0 Å². The van der Waals surface area contributed by atoms with Crippen molar-refractivity contribution < 1.29 is 22.0 Å². The van der Waals surface area contributed by atoms with E-state index in [9.17, 15) is 22.0 Å². The van der Waals surface area contributed by atoms with Crippen molar-refractivity contribution in [2.24, 2.45) is 0 Å². The molecule has 3 aromatic carbocycles. The van der Waals surface area contributed by atoms with Gasteiger partial charge in [0, 0.05) is 23.9 Å². The summed E-state index contributed by atoms with van der Waals surface area (Å²) in [6.07, 6.45) is 0. The zero-order valence-corrected chi connectivity index (χ0v) is 18.5. The van der Waals surface area contributed by atoms with Gasteiger partial charge in [-0.05, 0) is 61.0 Å². The normalized spacial score (nSPS) is 11.7. The number of nitrogens with zero attached hydrogens (tertiary/aromatic N) is 2. The first-order valence-electron chi connectivity index (χ1n) is 9.92. The number of imidazole rings is 1. The second kappa shape index (κ2) is 8.62. The Morgan fingerprint density at radius 2 is 1.67 bits per heavy atom. The quantitative estimate of drug-likeness (QED) is 0.407. The summed E-state index contributed by atoms with van der Waals surface area (Å²) in [5.41, 5.74) is 2.27. The van der Waals surface area contributed by atoms with E-state index in [1.807, 2.05) is 0 Å². The fourth-order valence-electron chi connectivity index (χ4n) is 3.51. The molecule has 7 nitrogen and oxygen atoms in total. The molecule has 1 aromatic heterocycles. The molecule has 33 heavy (non-hydrogen) atoms. The fraction of sp³-hybridized carbons (Fsp3) is 0.130. The van der Waals surface area contributed by atoms with Crippen LogP contribution in [0.2, 0.25) is 0 Å². The van der Waals surface area contributed by atoms with Gasteiger partial charge in [-0.25, -0.2) is 13.4 Å². The Morgan fingerprint density at radius 3 is 2.33 bits per heavy atom. The van der Waals surface area contributed by atoms with Gasteiger partial charge < -0.3 is 5.32 Å². The predicted molar refractivity (Wildman–Crippen MR) is 123 cm³/mol. The number of anilines is 2. The predicted octanol–water partition coefficient (Wildman–Crippen LogP) is 5.17. The molecule has 0 bridgehead atoms. The zero-order chi connectivity index (χ0) is 23.8. The standard InChI is InChI=1S/C23H20F2N4O3S/c1-14-7-10-18(26-15(2)30)13-21(14)33(31,32)28-17-11-8-16(9-12-17)22-27-19-5-3-4-6-20(19)29(22)23(24)25/h3-13,23,28H,1-2H3,(H,26,30). The molecule has 0 saturated heterocycles. The number of hydrogen-bond donors (Lipinski definition) is 2. The monoisotopic (exact) mass is 470 g/mol. The van der Waals surface area contributed by atoms with Crippen molar-refractivity contribution in [3.63, 3.8) is 0 Å². The SMILES string of the molecule is CC(=O)Nc1ccc(C)c(S(=O)(=O)Nc2ccc(-c3nc4ccccc4n3C(F)F)cc2)c1. The van der Waals surface area contributed by atoms with Gasteiger partial charge >= 0.3 is 6.55 Å². The van der Waals surface area contributed by atoms with Gasteiger partial charge in [-0.3, -0.25) is 14.1 Å². The summed E-state index contributed by atoms with van der Waals surface area (Å²) < 4.78 is 56.6. The fourth-order valence-corrected chi connectivity index (χ4v) is 4.84. The summed E-state index contributed by atoms with van der Waals surface area (Å²) in [4.78, 5) is 15.6. The number of para-hydroxylation sites is 2. The van der Waals surface area contributed by atoms with Crippen LogP contribution >= 0.6 is 0 Å². The molecule has 10 heteroatoms. The van der Waals surface area contributed by atoms with Crippen LogP contribution in [0.3, 0.4) is 0 Å². The van der Waals surface area contributed by atoms with E-state index in [-0.39, 0.29) is 22.3 Å². The second-order valence-corrected chi connectivity index (χ2v) is 9.07. The smallest absolute Gasteiger partial charge is 0.320 e. The lowest BCUT2D eigenvalue weighted by Gasteiger charge is -2.13. The van der Waals surface area contributed by atoms with Crippen LogP contribution in [0.5, 0.6) is 0 Å². The average Bonchev–Trinajstić information content (AvgIpc) is 3.15. The third-order valence-electron chi connectivity index (χ3n) is 4.98. The van der Waals surface area contributed by atoms with Gasteiger partial charge in [0.15, 0.2) is 0 Å². The number of aryl methyl sites for hydroxylation is 1. The maximum absolute atomic E-state index is 13.7. The van der Waals surface area contributed by atoms with Crippen LogP contribution in [0.4, 0.5) is 20.2 Å². The second-order valence-electron chi connectivity index (χ2n) is 7.42. The van der Waals surface area contributed by atoms with Gasteiger partial charge in [0.05, 0.1) is 15.9 Å². The number of halogens is 2. The van der Waals surface area contributed by atoms with Crippen molar-refractivity contribution in [1.82, 2.24) is 9.55 Å². The van der Waals surface area contributed by atoms with Crippen LogP contribution in [0, 0.1) is 6.92 Å². The largest absolute Gasteiger partial charge is 0.326 e. The Hall–Kier alpha value is -3.79. The van der Waals surface area contributed by atoms with Crippen molar-refractivity contribution in [1.29, 1.82) is 0 Å². The van der Waals surface area contributed by atoms with Gasteiger partial charge in [0.1, 0.15) is 5.82 Å². The number of carbonyl (C=O) groups excluding carboxylic acids is 1. The summed E-state index contributed by atoms with van der Waals surface area (Å²) in [6, 6.07) is 17.2. The summed E-state index contributed by atoms with van der Waals surface area (Å²) in [5.74, 6) is -0.236. The number of amides is 1. The van der Waals surface area contributed by atoms with Crippen LogP contribution in [0.1, 0.15) is 19.0 Å². The zero-order valence-electron chi connectivity index (χ0n) is 17.7. The maximum atomic E-state index is 13.7. The van der Waals surface area contributed by atoms with E-state index in [2.05, 4.69) is 15.0 Å². The van der Waals surface area contributed by atoms with E-state index in [1.54, 1.807) is 43.3 Å². The number of alkyl halides is 2. The lowest BCUT2D eigenvalue weighted by atomic mass is 10.2. The van der Waals surface area contributed by atoms with E-state index in [4.69, 9.17) is 0 Å². The summed E-state index contributed by atoms with van der Waals surface area (Å²) >= 11 is 0. The van der Waals surface area contributed by atoms with Crippen molar-refractivity contribution in [2.45, 2.75) is 25.3 Å². The number of nitrogens with one attached hydrogen (secondary N) is 2. The molecule has 1 heterocycles. The Morgan fingerprint density at radius 1 is 1.00 bits per heavy atom. The van der Waals surface area contributed by atoms with E-state index in [0.29, 0.717) is 27.8 Å². The molecule has 0 aliphatic carbocycles. The molecule has 4 aromatic rings. The molecule has 2 N–H and O–H groups in total. The van der Waals surface area contributed by atoms with Crippen molar-refractivity contribution in [3.05, 3.63) is 72.3 Å². The van der Waals surface area contributed by atoms with Crippen molar-refractivity contribution in [3.8, 4) is 11.4 Å². The average molecular weight is 471 g/mol. The van der Waals surface area contributed by atoms with Crippen LogP contribution in [-0.2, 0) is 14.8 Å². The lowest BCUT2D eigenvalue weighted by Crippen LogP contribution is -2.15. The highest BCUT2D eigenvalue weighted by molar-refractivity contribution is 7.92. The number of hydrogen-bond acceptors (Lipinski definition) is 4. The number of aromatic nitrogens is 2. The molecule has 0 radical (unpaired) electrons. The highest BCUT2D eigenvalue weighted by Gasteiger charge is 2.20. The number of carbonyl (C=O) groups is 1. The number of benzene rings is 3. The first kappa shape index (κ1) is 22.4. The van der Waals surface area contributed by atoms with Gasteiger partial charge in [0.2, 0.25) is 5.91 Å². The molecule has 0 aliphatic rings. The van der Waals surface area contributed by atoms with Crippen LogP contribution in [0.15, 0.2) is 71.6 Å². The molecule has 0 aliphatic heterocycles. The van der Waals surface area contributed by atoms with Gasteiger partial charge in [-0.1, -0.05) is 18.2 Å². The molecular formula is C23H20F2N4O3S. The Balaban J connectivity index is 1.65. The molecule has 0 fully saturated rings. The Kier molecular flexibility index (Phi) is 5.86. The topological polar surface area (TPSA) is 93.1 Å². The minimum absolute atomic E-state index is 0.0114. The first-order valence-corrected chi connectivity index (χ1v) is 11.4. The molecular weight excluding hydrogens is 450 g/mol. The molecule has 4 rings (SSSR count). The number of rotatable bonds is 6. The van der Waals surface area contributed by atoms with Crippen LogP contribution in [0.25, 0.3) is 22.4 Å². The first-order chi connectivity index (χ1) is 15.7. The van der Waals surface area contributed by atoms with Crippen LogP contribution < -0.4 is 10.0 Å². The minimum atomic E-state index is -3.96. The Bertz CT molecular complexity index is 1450. The highest BCUT2D eigenvalue weighted by atomic mass is 32.2. The van der Waals surface area contributed by atoms with Crippen LogP contribution in [-0.4, -0.2) is 23.9 Å². The third-order valence-corrected chi connectivity index (χ3v) is 6.51. The molecule has 1 amide bonds.